The largest absolute Gasteiger partial charge is 0.399 e. The highest BCUT2D eigenvalue weighted by atomic mass is 16.6. The van der Waals surface area contributed by atoms with Crippen LogP contribution in [0, 0.1) is 0 Å². The summed E-state index contributed by atoms with van der Waals surface area (Å²) in [5, 5.41) is 6.04. The lowest BCUT2D eigenvalue weighted by Crippen LogP contribution is -2.17. The molecule has 4 heteroatoms. The third-order valence-electron chi connectivity index (χ3n) is 1.24. The van der Waals surface area contributed by atoms with Gasteiger partial charge in [-0.05, 0) is 13.0 Å². The van der Waals surface area contributed by atoms with E-state index in [0.29, 0.717) is 6.42 Å². The molecule has 0 heterocycles. The highest BCUT2D eigenvalue weighted by molar-refractivity contribution is 5.80. The van der Waals surface area contributed by atoms with Crippen LogP contribution in [0.1, 0.15) is 13.3 Å². The molecular weight excluding hydrogens is 156 g/mol. The number of nitrogens with one attached hydrogen (secondary N) is 1. The van der Waals surface area contributed by atoms with Gasteiger partial charge < -0.3 is 10.2 Å². The van der Waals surface area contributed by atoms with Gasteiger partial charge in [0.2, 0.25) is 5.91 Å². The molecule has 0 spiro atoms. The van der Waals surface area contributed by atoms with Crippen LogP contribution in [0.3, 0.4) is 0 Å². The second-order valence-corrected chi connectivity index (χ2v) is 2.30. The lowest BCUT2D eigenvalue weighted by Gasteiger charge is -1.97. The zero-order valence-corrected chi connectivity index (χ0v) is 7.63. The number of oxime groups is 1. The van der Waals surface area contributed by atoms with Gasteiger partial charge >= 0.3 is 0 Å². The summed E-state index contributed by atoms with van der Waals surface area (Å²) in [6.45, 7) is 1.86. The van der Waals surface area contributed by atoms with E-state index in [1.54, 1.807) is 13.1 Å². The molecule has 1 N–H and O–H groups in total. The number of hydrogen-bond acceptors (Lipinski definition) is 3. The van der Waals surface area contributed by atoms with E-state index in [-0.39, 0.29) is 5.91 Å². The van der Waals surface area contributed by atoms with E-state index in [1.165, 1.54) is 13.3 Å². The summed E-state index contributed by atoms with van der Waals surface area (Å²) in [5.74, 6) is -0.00503. The molecule has 0 saturated heterocycles. The molecule has 68 valence electrons. The summed E-state index contributed by atoms with van der Waals surface area (Å²) in [6.07, 6.45) is 3.64. The summed E-state index contributed by atoms with van der Waals surface area (Å²) < 4.78 is 0. The van der Waals surface area contributed by atoms with Crippen LogP contribution in [0.5, 0.6) is 0 Å². The molecule has 0 fully saturated rings. The van der Waals surface area contributed by atoms with Crippen molar-refractivity contribution in [2.24, 2.45) is 5.16 Å². The normalized spacial score (nSPS) is 11.8. The van der Waals surface area contributed by atoms with E-state index < -0.39 is 0 Å². The van der Waals surface area contributed by atoms with Crippen molar-refractivity contribution in [3.8, 4) is 0 Å². The standard InChI is InChI=1S/C8H14N2O2/c1-7(4-5-10-12-3)6-8(11)9-2/h4-5H,6H2,1-3H3,(H,9,11). The Morgan fingerprint density at radius 1 is 1.67 bits per heavy atom. The zero-order chi connectivity index (χ0) is 9.40. The van der Waals surface area contributed by atoms with Gasteiger partial charge in [0, 0.05) is 13.5 Å². The van der Waals surface area contributed by atoms with E-state index in [0.717, 1.165) is 5.57 Å². The molecule has 0 unspecified atom stereocenters. The molecule has 12 heavy (non-hydrogen) atoms. The van der Waals surface area contributed by atoms with Crippen molar-refractivity contribution in [2.75, 3.05) is 14.2 Å². The third kappa shape index (κ3) is 5.46. The molecule has 0 radical (unpaired) electrons. The molecule has 0 atom stereocenters. The van der Waals surface area contributed by atoms with Crippen molar-refractivity contribution >= 4 is 12.1 Å². The molecule has 4 nitrogen and oxygen atoms in total. The first-order valence-corrected chi connectivity index (χ1v) is 3.63. The first-order valence-electron chi connectivity index (χ1n) is 3.63. The van der Waals surface area contributed by atoms with Gasteiger partial charge in [0.1, 0.15) is 7.11 Å². The zero-order valence-electron chi connectivity index (χ0n) is 7.63. The average Bonchev–Trinajstić information content (AvgIpc) is 2.05. The lowest BCUT2D eigenvalue weighted by molar-refractivity contribution is -0.119. The Bertz CT molecular complexity index is 197. The van der Waals surface area contributed by atoms with Crippen molar-refractivity contribution in [1.29, 1.82) is 0 Å². The molecule has 0 aliphatic rings. The van der Waals surface area contributed by atoms with Crippen molar-refractivity contribution in [3.63, 3.8) is 0 Å². The lowest BCUT2D eigenvalue weighted by atomic mass is 10.2. The van der Waals surface area contributed by atoms with Crippen LogP contribution in [-0.4, -0.2) is 26.3 Å². The molecule has 0 rings (SSSR count). The molecule has 0 aliphatic carbocycles. The van der Waals surface area contributed by atoms with Gasteiger partial charge in [0.05, 0.1) is 6.21 Å². The van der Waals surface area contributed by atoms with Crippen LogP contribution < -0.4 is 5.32 Å². The van der Waals surface area contributed by atoms with Gasteiger partial charge in [-0.2, -0.15) is 0 Å². The van der Waals surface area contributed by atoms with E-state index in [4.69, 9.17) is 0 Å². The van der Waals surface area contributed by atoms with Gasteiger partial charge in [-0.3, -0.25) is 4.79 Å². The third-order valence-corrected chi connectivity index (χ3v) is 1.24. The van der Waals surface area contributed by atoms with Crippen molar-refractivity contribution in [1.82, 2.24) is 5.32 Å². The Labute approximate surface area is 72.3 Å². The van der Waals surface area contributed by atoms with Crippen LogP contribution in [0.4, 0.5) is 0 Å². The molecular formula is C8H14N2O2. The van der Waals surface area contributed by atoms with Crippen LogP contribution in [0.25, 0.3) is 0 Å². The van der Waals surface area contributed by atoms with E-state index in [2.05, 4.69) is 15.3 Å². The Morgan fingerprint density at radius 3 is 2.83 bits per heavy atom. The number of amides is 1. The van der Waals surface area contributed by atoms with Crippen LogP contribution in [0.15, 0.2) is 16.8 Å². The maximum absolute atomic E-state index is 10.8. The molecule has 0 saturated carbocycles. The summed E-state index contributed by atoms with van der Waals surface area (Å²) in [5.41, 5.74) is 0.940. The van der Waals surface area contributed by atoms with E-state index in [9.17, 15) is 4.79 Å². The fourth-order valence-electron chi connectivity index (χ4n) is 0.619. The van der Waals surface area contributed by atoms with Gasteiger partial charge in [-0.25, -0.2) is 0 Å². The molecule has 0 bridgehead atoms. The second-order valence-electron chi connectivity index (χ2n) is 2.30. The number of carbonyl (C=O) groups is 1. The number of allylic oxidation sites excluding steroid dienone is 1. The van der Waals surface area contributed by atoms with Gasteiger partial charge in [0.15, 0.2) is 0 Å². The highest BCUT2D eigenvalue weighted by Gasteiger charge is 1.96. The first-order chi connectivity index (χ1) is 5.70. The van der Waals surface area contributed by atoms with Gasteiger partial charge in [0.25, 0.3) is 0 Å². The van der Waals surface area contributed by atoms with E-state index in [1.807, 2.05) is 6.92 Å². The van der Waals surface area contributed by atoms with Crippen molar-refractivity contribution < 1.29 is 9.63 Å². The highest BCUT2D eigenvalue weighted by Crippen LogP contribution is 1.97. The SMILES string of the molecule is CNC(=O)CC(C)=CC=NOC. The maximum Gasteiger partial charge on any atom is 0.223 e. The molecule has 1 amide bonds. The fraction of sp³-hybridized carbons (Fsp3) is 0.500. The van der Waals surface area contributed by atoms with Gasteiger partial charge in [-0.1, -0.05) is 10.7 Å². The molecule has 0 aromatic rings. The predicted octanol–water partition coefficient (Wildman–Crippen LogP) is 0.701. The van der Waals surface area contributed by atoms with E-state index >= 15 is 0 Å². The summed E-state index contributed by atoms with van der Waals surface area (Å²) in [7, 11) is 3.08. The average molecular weight is 170 g/mol. The monoisotopic (exact) mass is 170 g/mol. The summed E-state index contributed by atoms with van der Waals surface area (Å²) >= 11 is 0. The Kier molecular flexibility index (Phi) is 5.69. The Morgan fingerprint density at radius 2 is 2.33 bits per heavy atom. The smallest absolute Gasteiger partial charge is 0.223 e. The van der Waals surface area contributed by atoms with Crippen LogP contribution in [-0.2, 0) is 9.63 Å². The van der Waals surface area contributed by atoms with Crippen LogP contribution >= 0.6 is 0 Å². The topological polar surface area (TPSA) is 50.7 Å². The Balaban J connectivity index is 3.85. The number of nitrogens with zero attached hydrogens (tertiary/aromatic N) is 1. The quantitative estimate of drug-likeness (QED) is 0.498. The molecule has 0 aliphatic heterocycles. The first kappa shape index (κ1) is 10.7. The minimum Gasteiger partial charge on any atom is -0.399 e. The predicted molar refractivity (Wildman–Crippen MR) is 47.9 cm³/mol. The number of hydrogen-bond donors (Lipinski definition) is 1. The van der Waals surface area contributed by atoms with Crippen molar-refractivity contribution in [3.05, 3.63) is 11.6 Å². The Hall–Kier alpha value is -1.32. The number of rotatable bonds is 4. The van der Waals surface area contributed by atoms with Crippen LogP contribution in [0.2, 0.25) is 0 Å². The molecule has 0 aromatic heterocycles. The summed E-state index contributed by atoms with van der Waals surface area (Å²) in [4.78, 5) is 15.3. The fourth-order valence-corrected chi connectivity index (χ4v) is 0.619. The van der Waals surface area contributed by atoms with Gasteiger partial charge in [-0.15, -0.1) is 0 Å². The minimum absolute atomic E-state index is 0.00503. The van der Waals surface area contributed by atoms with Crippen molar-refractivity contribution in [2.45, 2.75) is 13.3 Å². The minimum atomic E-state index is -0.00503. The molecule has 0 aromatic carbocycles. The summed E-state index contributed by atoms with van der Waals surface area (Å²) in [6, 6.07) is 0. The second kappa shape index (κ2) is 6.39. The number of carbonyl (C=O) groups excluding carboxylic acids is 1. The maximum atomic E-state index is 10.8.